The summed E-state index contributed by atoms with van der Waals surface area (Å²) in [6.07, 6.45) is 7.70. The molecular weight excluding hydrogens is 429 g/mol. The standard InChI is InChI=1S/C18H26Cl3NO4Si/c19-27(20,21)13-9-5-3-1-2-4-6-11-16(18(23)24)14-15-10-7-8-12-17(15)22(25)26/h7-8,10,12,16H,1-6,9,11,13-14H2,(H,23,24). The van der Waals surface area contributed by atoms with E-state index >= 15 is 0 Å². The van der Waals surface area contributed by atoms with Crippen molar-refractivity contribution in [3.63, 3.8) is 0 Å². The number of carboxylic acid groups (broad SMARTS) is 1. The molecule has 1 atom stereocenters. The second-order valence-electron chi connectivity index (χ2n) is 6.75. The van der Waals surface area contributed by atoms with Gasteiger partial charge in [-0.25, -0.2) is 0 Å². The zero-order chi connectivity index (χ0) is 20.3. The van der Waals surface area contributed by atoms with Crippen LogP contribution in [0.4, 0.5) is 5.69 Å². The average molecular weight is 455 g/mol. The van der Waals surface area contributed by atoms with Gasteiger partial charge in [-0.1, -0.05) is 63.1 Å². The summed E-state index contributed by atoms with van der Waals surface area (Å²) in [5, 5.41) is 20.5. The molecule has 0 radical (unpaired) electrons. The lowest BCUT2D eigenvalue weighted by molar-refractivity contribution is -0.385. The summed E-state index contributed by atoms with van der Waals surface area (Å²) in [4.78, 5) is 22.1. The fourth-order valence-electron chi connectivity index (χ4n) is 3.04. The Morgan fingerprint density at radius 1 is 1.04 bits per heavy atom. The van der Waals surface area contributed by atoms with Gasteiger partial charge in [-0.3, -0.25) is 14.9 Å². The molecule has 0 fully saturated rings. The Balaban J connectivity index is 2.29. The third kappa shape index (κ3) is 10.9. The van der Waals surface area contributed by atoms with Crippen LogP contribution < -0.4 is 0 Å². The molecule has 1 N–H and O–H groups in total. The van der Waals surface area contributed by atoms with Crippen LogP contribution in [-0.4, -0.2) is 22.0 Å². The van der Waals surface area contributed by atoms with E-state index in [1.165, 1.54) is 6.07 Å². The highest BCUT2D eigenvalue weighted by molar-refractivity contribution is 7.64. The molecule has 0 aliphatic carbocycles. The molecule has 0 heterocycles. The molecule has 9 heteroatoms. The van der Waals surface area contributed by atoms with Gasteiger partial charge >= 0.3 is 12.0 Å². The number of unbranched alkanes of at least 4 members (excludes halogenated alkanes) is 6. The number of benzene rings is 1. The molecule has 1 rings (SSSR count). The van der Waals surface area contributed by atoms with Gasteiger partial charge in [0.1, 0.15) is 0 Å². The van der Waals surface area contributed by atoms with Crippen LogP contribution in [-0.2, 0) is 11.2 Å². The number of hydrogen-bond donors (Lipinski definition) is 1. The number of nitrogens with zero attached hydrogens (tertiary/aromatic N) is 1. The molecule has 0 spiro atoms. The summed E-state index contributed by atoms with van der Waals surface area (Å²) in [6, 6.07) is 4.55. The average Bonchev–Trinajstić information content (AvgIpc) is 2.58. The summed E-state index contributed by atoms with van der Waals surface area (Å²) in [5.74, 6) is -1.50. The number of para-hydroxylation sites is 1. The first-order chi connectivity index (χ1) is 12.7. The lowest BCUT2D eigenvalue weighted by Crippen LogP contribution is -2.17. The molecule has 152 valence electrons. The SMILES string of the molecule is O=C(O)C(CCCCCCCCC[Si](Cl)(Cl)Cl)Cc1ccccc1[N+](=O)[O-]. The molecule has 0 aliphatic heterocycles. The van der Waals surface area contributed by atoms with E-state index in [0.29, 0.717) is 18.0 Å². The van der Waals surface area contributed by atoms with E-state index in [2.05, 4.69) is 0 Å². The van der Waals surface area contributed by atoms with Gasteiger partial charge in [-0.05, 0) is 18.9 Å². The molecule has 27 heavy (non-hydrogen) atoms. The van der Waals surface area contributed by atoms with Crippen molar-refractivity contribution in [2.24, 2.45) is 5.92 Å². The summed E-state index contributed by atoms with van der Waals surface area (Å²) in [7, 11) is 0. The molecule has 0 saturated carbocycles. The molecule has 1 unspecified atom stereocenters. The quantitative estimate of drug-likeness (QED) is 0.113. The van der Waals surface area contributed by atoms with E-state index in [1.807, 2.05) is 0 Å². The Hall–Kier alpha value is -0.823. The van der Waals surface area contributed by atoms with Gasteiger partial charge in [0.05, 0.1) is 10.8 Å². The summed E-state index contributed by atoms with van der Waals surface area (Å²) in [6.45, 7) is 0. The van der Waals surface area contributed by atoms with Gasteiger partial charge in [0.2, 0.25) is 0 Å². The van der Waals surface area contributed by atoms with Crippen molar-refractivity contribution in [3.8, 4) is 0 Å². The number of rotatable bonds is 14. The molecule has 0 bridgehead atoms. The molecule has 0 saturated heterocycles. The Morgan fingerprint density at radius 3 is 2.15 bits per heavy atom. The van der Waals surface area contributed by atoms with Crippen molar-refractivity contribution in [1.29, 1.82) is 0 Å². The van der Waals surface area contributed by atoms with Crippen molar-refractivity contribution < 1.29 is 14.8 Å². The minimum atomic E-state index is -2.49. The number of hydrogen-bond acceptors (Lipinski definition) is 3. The van der Waals surface area contributed by atoms with Gasteiger partial charge in [0.15, 0.2) is 0 Å². The number of aliphatic carboxylic acids is 1. The van der Waals surface area contributed by atoms with Crippen molar-refractivity contribution >= 4 is 50.9 Å². The summed E-state index contributed by atoms with van der Waals surface area (Å²) < 4.78 is 0. The normalized spacial score (nSPS) is 12.7. The van der Waals surface area contributed by atoms with Crippen LogP contribution >= 0.6 is 33.2 Å². The van der Waals surface area contributed by atoms with Gasteiger partial charge < -0.3 is 5.11 Å². The fourth-order valence-corrected chi connectivity index (χ4v) is 4.89. The van der Waals surface area contributed by atoms with E-state index in [-0.39, 0.29) is 12.1 Å². The van der Waals surface area contributed by atoms with Gasteiger partial charge in [0.25, 0.3) is 5.69 Å². The first kappa shape index (κ1) is 24.2. The van der Waals surface area contributed by atoms with Crippen molar-refractivity contribution in [2.75, 3.05) is 0 Å². The van der Waals surface area contributed by atoms with E-state index < -0.39 is 22.8 Å². The zero-order valence-corrected chi connectivity index (χ0v) is 18.5. The number of halogens is 3. The van der Waals surface area contributed by atoms with Gasteiger partial charge in [0, 0.05) is 11.6 Å². The van der Waals surface area contributed by atoms with Crippen molar-refractivity contribution in [1.82, 2.24) is 0 Å². The van der Waals surface area contributed by atoms with Crippen LogP contribution in [0.1, 0.15) is 56.9 Å². The highest BCUT2D eigenvalue weighted by Gasteiger charge is 2.24. The molecular formula is C18H26Cl3NO4Si. The maximum absolute atomic E-state index is 11.5. The van der Waals surface area contributed by atoms with Crippen LogP contribution in [0.15, 0.2) is 24.3 Å². The molecule has 0 aromatic heterocycles. The van der Waals surface area contributed by atoms with E-state index in [4.69, 9.17) is 33.2 Å². The number of nitro groups is 1. The van der Waals surface area contributed by atoms with Gasteiger partial charge in [-0.2, -0.15) is 0 Å². The maximum Gasteiger partial charge on any atom is 0.341 e. The summed E-state index contributed by atoms with van der Waals surface area (Å²) in [5.41, 5.74) is 0.467. The van der Waals surface area contributed by atoms with Crippen molar-refractivity contribution in [3.05, 3.63) is 39.9 Å². The first-order valence-corrected chi connectivity index (χ1v) is 14.5. The van der Waals surface area contributed by atoms with Gasteiger partial charge in [-0.15, -0.1) is 33.2 Å². The highest BCUT2D eigenvalue weighted by atomic mass is 35.8. The zero-order valence-electron chi connectivity index (χ0n) is 15.2. The molecule has 1 aromatic carbocycles. The third-order valence-electron chi connectivity index (χ3n) is 4.52. The molecule has 0 amide bonds. The smallest absolute Gasteiger partial charge is 0.341 e. The minimum Gasteiger partial charge on any atom is -0.481 e. The predicted octanol–water partition coefficient (Wildman–Crippen LogP) is 6.61. The Labute approximate surface area is 175 Å². The molecule has 5 nitrogen and oxygen atoms in total. The van der Waals surface area contributed by atoms with Crippen LogP contribution in [0.2, 0.25) is 6.04 Å². The van der Waals surface area contributed by atoms with E-state index in [9.17, 15) is 20.0 Å². The Morgan fingerprint density at radius 2 is 1.59 bits per heavy atom. The van der Waals surface area contributed by atoms with Crippen LogP contribution in [0.5, 0.6) is 0 Å². The summed E-state index contributed by atoms with van der Waals surface area (Å²) >= 11 is 17.5. The topological polar surface area (TPSA) is 80.4 Å². The Kier molecular flexibility index (Phi) is 11.3. The second kappa shape index (κ2) is 12.6. The minimum absolute atomic E-state index is 0.0123. The van der Waals surface area contributed by atoms with Crippen LogP contribution in [0, 0.1) is 16.0 Å². The molecule has 0 aliphatic rings. The first-order valence-electron chi connectivity index (χ1n) is 9.22. The van der Waals surface area contributed by atoms with Crippen LogP contribution in [0.25, 0.3) is 0 Å². The number of carboxylic acids is 1. The largest absolute Gasteiger partial charge is 0.481 e. The monoisotopic (exact) mass is 453 g/mol. The maximum atomic E-state index is 11.5. The predicted molar refractivity (Wildman–Crippen MR) is 113 cm³/mol. The highest BCUT2D eigenvalue weighted by Crippen LogP contribution is 2.28. The second-order valence-corrected chi connectivity index (χ2v) is 16.0. The lowest BCUT2D eigenvalue weighted by atomic mass is 9.92. The van der Waals surface area contributed by atoms with E-state index in [1.54, 1.807) is 18.2 Å². The Bertz CT molecular complexity index is 611. The third-order valence-corrected chi connectivity index (χ3v) is 7.14. The number of carbonyl (C=O) groups is 1. The fraction of sp³-hybridized carbons (Fsp3) is 0.611. The number of nitro benzene ring substituents is 1. The molecule has 1 aromatic rings. The van der Waals surface area contributed by atoms with Crippen molar-refractivity contribution in [2.45, 2.75) is 63.8 Å². The van der Waals surface area contributed by atoms with E-state index in [0.717, 1.165) is 44.9 Å². The van der Waals surface area contributed by atoms with Crippen LogP contribution in [0.3, 0.4) is 0 Å². The lowest BCUT2D eigenvalue weighted by Gasteiger charge is -2.12.